The molecule has 0 bridgehead atoms. The zero-order valence-corrected chi connectivity index (χ0v) is 11.3. The third-order valence-electron chi connectivity index (χ3n) is 2.29. The van der Waals surface area contributed by atoms with E-state index in [0.29, 0.717) is 12.1 Å². The van der Waals surface area contributed by atoms with Gasteiger partial charge in [0.15, 0.2) is 5.78 Å². The number of benzene rings is 1. The van der Waals surface area contributed by atoms with Gasteiger partial charge in [-0.15, -0.1) is 0 Å². The Morgan fingerprint density at radius 3 is 2.32 bits per heavy atom. The molecule has 1 rings (SSSR count). The lowest BCUT2D eigenvalue weighted by molar-refractivity contribution is 0.0935. The molecule has 0 heterocycles. The molecule has 5 nitrogen and oxygen atoms in total. The van der Waals surface area contributed by atoms with Crippen molar-refractivity contribution in [2.75, 3.05) is 7.11 Å². The predicted octanol–water partition coefficient (Wildman–Crippen LogP) is 1.64. The minimum Gasteiger partial charge on any atom is -0.294 e. The molecule has 0 saturated carbocycles. The Morgan fingerprint density at radius 1 is 1.26 bits per heavy atom. The SMILES string of the molecule is CONS(=O)(=O)c1cc(C(=O)C(C)C)c(F)cc1F. The number of Topliss-reactive ketones (excluding diaryl/α,β-unsaturated/α-hetero) is 1. The van der Waals surface area contributed by atoms with E-state index in [9.17, 15) is 22.0 Å². The lowest BCUT2D eigenvalue weighted by Crippen LogP contribution is -2.24. The summed E-state index contributed by atoms with van der Waals surface area (Å²) in [4.78, 5) is 16.7. The number of hydrogen-bond acceptors (Lipinski definition) is 4. The van der Waals surface area contributed by atoms with Crippen LogP contribution in [-0.2, 0) is 14.9 Å². The van der Waals surface area contributed by atoms with E-state index in [1.165, 1.54) is 13.8 Å². The maximum atomic E-state index is 13.5. The van der Waals surface area contributed by atoms with Crippen molar-refractivity contribution < 1.29 is 26.8 Å². The van der Waals surface area contributed by atoms with E-state index in [1.807, 2.05) is 0 Å². The van der Waals surface area contributed by atoms with E-state index in [0.717, 1.165) is 7.11 Å². The van der Waals surface area contributed by atoms with Crippen molar-refractivity contribution in [1.29, 1.82) is 0 Å². The van der Waals surface area contributed by atoms with Gasteiger partial charge >= 0.3 is 0 Å². The molecule has 1 aromatic rings. The highest BCUT2D eigenvalue weighted by molar-refractivity contribution is 7.89. The average molecular weight is 293 g/mol. The summed E-state index contributed by atoms with van der Waals surface area (Å²) in [5.74, 6) is -3.58. The molecular weight excluding hydrogens is 280 g/mol. The van der Waals surface area contributed by atoms with E-state index in [2.05, 4.69) is 4.84 Å². The normalized spacial score (nSPS) is 11.9. The summed E-state index contributed by atoms with van der Waals surface area (Å²) in [5.41, 5.74) is -0.479. The zero-order chi connectivity index (χ0) is 14.8. The van der Waals surface area contributed by atoms with Crippen LogP contribution in [0, 0.1) is 17.6 Å². The lowest BCUT2D eigenvalue weighted by atomic mass is 10.0. The minimum absolute atomic E-state index is 0.361. The summed E-state index contributed by atoms with van der Waals surface area (Å²) in [7, 11) is -3.28. The topological polar surface area (TPSA) is 72.5 Å². The van der Waals surface area contributed by atoms with Gasteiger partial charge in [-0.1, -0.05) is 18.7 Å². The van der Waals surface area contributed by atoms with Crippen molar-refractivity contribution in [2.45, 2.75) is 18.7 Å². The largest absolute Gasteiger partial charge is 0.294 e. The maximum Gasteiger partial charge on any atom is 0.265 e. The van der Waals surface area contributed by atoms with Crippen LogP contribution in [0.3, 0.4) is 0 Å². The molecule has 0 unspecified atom stereocenters. The molecule has 0 spiro atoms. The van der Waals surface area contributed by atoms with E-state index >= 15 is 0 Å². The fourth-order valence-corrected chi connectivity index (χ4v) is 2.29. The van der Waals surface area contributed by atoms with Crippen molar-refractivity contribution in [2.24, 2.45) is 5.92 Å². The van der Waals surface area contributed by atoms with E-state index < -0.39 is 43.8 Å². The number of ketones is 1. The highest BCUT2D eigenvalue weighted by Gasteiger charge is 2.25. The van der Waals surface area contributed by atoms with Crippen molar-refractivity contribution >= 4 is 15.8 Å². The number of hydrogen-bond donors (Lipinski definition) is 1. The molecule has 1 aromatic carbocycles. The van der Waals surface area contributed by atoms with Crippen molar-refractivity contribution in [3.63, 3.8) is 0 Å². The quantitative estimate of drug-likeness (QED) is 0.661. The van der Waals surface area contributed by atoms with Gasteiger partial charge in [-0.25, -0.2) is 17.2 Å². The van der Waals surface area contributed by atoms with Crippen LogP contribution >= 0.6 is 0 Å². The van der Waals surface area contributed by atoms with Gasteiger partial charge in [0, 0.05) is 12.0 Å². The predicted molar refractivity (Wildman–Crippen MR) is 62.9 cm³/mol. The Kier molecular flexibility index (Phi) is 4.72. The zero-order valence-electron chi connectivity index (χ0n) is 10.5. The first-order chi connectivity index (χ1) is 8.70. The Balaban J connectivity index is 3.44. The summed E-state index contributed by atoms with van der Waals surface area (Å²) < 4.78 is 50.2. The Labute approximate surface area is 109 Å². The third kappa shape index (κ3) is 3.34. The number of nitrogens with one attached hydrogen (secondary N) is 1. The number of halogens is 2. The summed E-state index contributed by atoms with van der Waals surface area (Å²) >= 11 is 0. The molecule has 0 aliphatic heterocycles. The second-order valence-corrected chi connectivity index (χ2v) is 5.69. The monoisotopic (exact) mass is 293 g/mol. The number of sulfonamides is 1. The average Bonchev–Trinajstić information content (AvgIpc) is 2.27. The fourth-order valence-electron chi connectivity index (χ4n) is 1.39. The van der Waals surface area contributed by atoms with Crippen LogP contribution in [0.4, 0.5) is 8.78 Å². The molecule has 106 valence electrons. The van der Waals surface area contributed by atoms with Crippen LogP contribution in [0.25, 0.3) is 0 Å². The molecule has 0 radical (unpaired) electrons. The molecule has 19 heavy (non-hydrogen) atoms. The van der Waals surface area contributed by atoms with Crippen molar-refractivity contribution in [3.8, 4) is 0 Å². The van der Waals surface area contributed by atoms with E-state index in [1.54, 1.807) is 4.89 Å². The van der Waals surface area contributed by atoms with Gasteiger partial charge in [0.1, 0.15) is 16.5 Å². The molecule has 0 aliphatic rings. The van der Waals surface area contributed by atoms with Gasteiger partial charge in [-0.05, 0) is 6.07 Å². The lowest BCUT2D eigenvalue weighted by Gasteiger charge is -2.10. The standard InChI is InChI=1S/C11H13F2NO4S/c1-6(2)11(15)7-4-10(9(13)5-8(7)12)19(16,17)14-18-3/h4-6,14H,1-3H3. The van der Waals surface area contributed by atoms with Crippen LogP contribution in [-0.4, -0.2) is 21.3 Å². The maximum absolute atomic E-state index is 13.5. The molecule has 0 aromatic heterocycles. The van der Waals surface area contributed by atoms with Crippen LogP contribution < -0.4 is 4.89 Å². The number of carbonyl (C=O) groups excluding carboxylic acids is 1. The minimum atomic E-state index is -4.31. The molecule has 0 aliphatic carbocycles. The van der Waals surface area contributed by atoms with Gasteiger partial charge < -0.3 is 0 Å². The molecule has 1 N–H and O–H groups in total. The number of rotatable bonds is 5. The molecular formula is C11H13F2NO4S. The second kappa shape index (κ2) is 5.72. The van der Waals surface area contributed by atoms with E-state index in [-0.39, 0.29) is 0 Å². The summed E-state index contributed by atoms with van der Waals surface area (Å²) in [6.07, 6.45) is 0. The first-order valence-corrected chi connectivity index (χ1v) is 6.77. The first kappa shape index (κ1) is 15.7. The van der Waals surface area contributed by atoms with Gasteiger partial charge in [0.05, 0.1) is 12.7 Å². The van der Waals surface area contributed by atoms with Gasteiger partial charge in [-0.2, -0.15) is 0 Å². The van der Waals surface area contributed by atoms with Gasteiger partial charge in [-0.3, -0.25) is 9.63 Å². The van der Waals surface area contributed by atoms with Crippen LogP contribution in [0.15, 0.2) is 17.0 Å². The molecule has 0 fully saturated rings. The highest BCUT2D eigenvalue weighted by atomic mass is 32.2. The van der Waals surface area contributed by atoms with Crippen LogP contribution in [0.2, 0.25) is 0 Å². The van der Waals surface area contributed by atoms with Crippen molar-refractivity contribution in [1.82, 2.24) is 4.89 Å². The summed E-state index contributed by atoms with van der Waals surface area (Å²) in [6, 6.07) is 1.02. The Bertz CT molecular complexity index is 599. The summed E-state index contributed by atoms with van der Waals surface area (Å²) in [6.45, 7) is 3.04. The van der Waals surface area contributed by atoms with Gasteiger partial charge in [0.25, 0.3) is 10.0 Å². The Morgan fingerprint density at radius 2 is 1.84 bits per heavy atom. The molecule has 0 amide bonds. The smallest absolute Gasteiger partial charge is 0.265 e. The molecule has 8 heteroatoms. The molecule has 0 saturated heterocycles. The van der Waals surface area contributed by atoms with Crippen LogP contribution in [0.1, 0.15) is 24.2 Å². The van der Waals surface area contributed by atoms with Gasteiger partial charge in [0.2, 0.25) is 0 Å². The van der Waals surface area contributed by atoms with Crippen LogP contribution in [0.5, 0.6) is 0 Å². The molecule has 0 atom stereocenters. The summed E-state index contributed by atoms with van der Waals surface area (Å²) in [5, 5.41) is 0. The number of carbonyl (C=O) groups is 1. The third-order valence-corrected chi connectivity index (χ3v) is 3.57. The fraction of sp³-hybridized carbons (Fsp3) is 0.364. The second-order valence-electron chi connectivity index (χ2n) is 4.07. The Hall–Kier alpha value is -1.38. The van der Waals surface area contributed by atoms with Crippen molar-refractivity contribution in [3.05, 3.63) is 29.3 Å². The highest BCUT2D eigenvalue weighted by Crippen LogP contribution is 2.21. The first-order valence-electron chi connectivity index (χ1n) is 5.28. The van der Waals surface area contributed by atoms with E-state index in [4.69, 9.17) is 0 Å².